The highest BCUT2D eigenvalue weighted by Gasteiger charge is 2.17. The van der Waals surface area contributed by atoms with Crippen LogP contribution in [0.15, 0.2) is 24.3 Å². The summed E-state index contributed by atoms with van der Waals surface area (Å²) < 4.78 is 5.24. The van der Waals surface area contributed by atoms with Gasteiger partial charge >= 0.3 is 0 Å². The predicted octanol–water partition coefficient (Wildman–Crippen LogP) is 2.30. The molecule has 3 nitrogen and oxygen atoms in total. The number of rotatable bonds is 4. The Morgan fingerprint density at radius 1 is 1.35 bits per heavy atom. The van der Waals surface area contributed by atoms with E-state index in [9.17, 15) is 4.79 Å². The van der Waals surface area contributed by atoms with E-state index in [0.29, 0.717) is 12.5 Å². The molecule has 0 saturated heterocycles. The van der Waals surface area contributed by atoms with E-state index >= 15 is 0 Å². The van der Waals surface area contributed by atoms with E-state index in [1.807, 2.05) is 24.3 Å². The van der Waals surface area contributed by atoms with Crippen LogP contribution in [0.5, 0.6) is 5.75 Å². The summed E-state index contributed by atoms with van der Waals surface area (Å²) in [5.74, 6) is 0.885. The molecule has 0 atom stereocenters. The van der Waals surface area contributed by atoms with Crippen molar-refractivity contribution in [3.05, 3.63) is 29.8 Å². The topological polar surface area (TPSA) is 38.3 Å². The molecule has 2 rings (SSSR count). The van der Waals surface area contributed by atoms with Gasteiger partial charge in [0.15, 0.2) is 0 Å². The van der Waals surface area contributed by atoms with E-state index in [0.717, 1.165) is 24.2 Å². The normalized spacial score (nSPS) is 15.8. The Morgan fingerprint density at radius 3 is 2.76 bits per heavy atom. The molecule has 0 aromatic heterocycles. The average molecular weight is 233 g/mol. The number of ether oxygens (including phenoxy) is 1. The highest BCUT2D eigenvalue weighted by Crippen LogP contribution is 2.20. The summed E-state index contributed by atoms with van der Waals surface area (Å²) >= 11 is 0. The zero-order chi connectivity index (χ0) is 12.1. The molecule has 1 aliphatic rings. The summed E-state index contributed by atoms with van der Waals surface area (Å²) in [6.07, 6.45) is 5.12. The molecular weight excluding hydrogens is 214 g/mol. The van der Waals surface area contributed by atoms with Crippen molar-refractivity contribution in [2.24, 2.45) is 0 Å². The highest BCUT2D eigenvalue weighted by molar-refractivity contribution is 5.79. The number of amides is 1. The van der Waals surface area contributed by atoms with Crippen LogP contribution in [0.1, 0.15) is 31.2 Å². The molecule has 1 N–H and O–H groups in total. The molecule has 1 amide bonds. The van der Waals surface area contributed by atoms with Crippen molar-refractivity contribution in [1.29, 1.82) is 0 Å². The fraction of sp³-hybridized carbons (Fsp3) is 0.500. The molecule has 17 heavy (non-hydrogen) atoms. The number of hydrogen-bond acceptors (Lipinski definition) is 2. The Labute approximate surface area is 102 Å². The van der Waals surface area contributed by atoms with Gasteiger partial charge in [-0.3, -0.25) is 4.79 Å². The largest absolute Gasteiger partial charge is 0.496 e. The van der Waals surface area contributed by atoms with E-state index in [1.54, 1.807) is 7.11 Å². The van der Waals surface area contributed by atoms with Crippen LogP contribution < -0.4 is 10.1 Å². The first-order chi connectivity index (χ1) is 8.29. The molecular formula is C14H19NO2. The van der Waals surface area contributed by atoms with Gasteiger partial charge in [0.2, 0.25) is 5.91 Å². The molecule has 1 aliphatic carbocycles. The van der Waals surface area contributed by atoms with E-state index in [2.05, 4.69) is 5.32 Å². The maximum atomic E-state index is 11.9. The minimum Gasteiger partial charge on any atom is -0.496 e. The van der Waals surface area contributed by atoms with E-state index in [1.165, 1.54) is 12.8 Å². The second-order valence-corrected chi connectivity index (χ2v) is 4.54. The molecule has 0 radical (unpaired) electrons. The Kier molecular flexibility index (Phi) is 4.02. The van der Waals surface area contributed by atoms with Crippen LogP contribution in [0.25, 0.3) is 0 Å². The van der Waals surface area contributed by atoms with Gasteiger partial charge in [-0.2, -0.15) is 0 Å². The standard InChI is InChI=1S/C14H19NO2/c1-17-13-9-5-2-6-11(13)10-14(16)15-12-7-3-4-8-12/h2,5-6,9,12H,3-4,7-8,10H2,1H3,(H,15,16). The van der Waals surface area contributed by atoms with Gasteiger partial charge < -0.3 is 10.1 Å². The molecule has 1 saturated carbocycles. The molecule has 3 heteroatoms. The predicted molar refractivity (Wildman–Crippen MR) is 67.1 cm³/mol. The van der Waals surface area contributed by atoms with Crippen LogP contribution in [-0.2, 0) is 11.2 Å². The van der Waals surface area contributed by atoms with Gasteiger partial charge in [0.1, 0.15) is 5.75 Å². The highest BCUT2D eigenvalue weighted by atomic mass is 16.5. The summed E-state index contributed by atoms with van der Waals surface area (Å²) in [7, 11) is 1.63. The van der Waals surface area contributed by atoms with Crippen molar-refractivity contribution in [3.8, 4) is 5.75 Å². The average Bonchev–Trinajstić information content (AvgIpc) is 2.82. The molecule has 0 bridgehead atoms. The van der Waals surface area contributed by atoms with Crippen molar-refractivity contribution >= 4 is 5.91 Å². The number of nitrogens with one attached hydrogen (secondary N) is 1. The van der Waals surface area contributed by atoms with Crippen LogP contribution in [0.2, 0.25) is 0 Å². The quantitative estimate of drug-likeness (QED) is 0.866. The molecule has 0 heterocycles. The molecule has 0 aliphatic heterocycles. The lowest BCUT2D eigenvalue weighted by Gasteiger charge is -2.13. The molecule has 0 unspecified atom stereocenters. The Balaban J connectivity index is 1.92. The molecule has 0 spiro atoms. The third-order valence-electron chi connectivity index (χ3n) is 3.26. The van der Waals surface area contributed by atoms with E-state index in [-0.39, 0.29) is 5.91 Å². The summed E-state index contributed by atoms with van der Waals surface area (Å²) in [6.45, 7) is 0. The zero-order valence-corrected chi connectivity index (χ0v) is 10.2. The van der Waals surface area contributed by atoms with Crippen molar-refractivity contribution in [2.45, 2.75) is 38.1 Å². The lowest BCUT2D eigenvalue weighted by molar-refractivity contribution is -0.121. The third kappa shape index (κ3) is 3.22. The van der Waals surface area contributed by atoms with Crippen molar-refractivity contribution in [3.63, 3.8) is 0 Å². The Morgan fingerprint density at radius 2 is 2.06 bits per heavy atom. The number of carbonyl (C=O) groups excluding carboxylic acids is 1. The second-order valence-electron chi connectivity index (χ2n) is 4.54. The van der Waals surface area contributed by atoms with Crippen LogP contribution >= 0.6 is 0 Å². The van der Waals surface area contributed by atoms with Gasteiger partial charge in [0.05, 0.1) is 13.5 Å². The van der Waals surface area contributed by atoms with Crippen LogP contribution in [0.3, 0.4) is 0 Å². The monoisotopic (exact) mass is 233 g/mol. The number of benzene rings is 1. The SMILES string of the molecule is COc1ccccc1CC(=O)NC1CCCC1. The first-order valence-corrected chi connectivity index (χ1v) is 6.21. The van der Waals surface area contributed by atoms with Crippen molar-refractivity contribution < 1.29 is 9.53 Å². The maximum absolute atomic E-state index is 11.9. The van der Waals surface area contributed by atoms with Crippen LogP contribution in [0.4, 0.5) is 0 Å². The van der Waals surface area contributed by atoms with Gasteiger partial charge in [-0.25, -0.2) is 0 Å². The zero-order valence-electron chi connectivity index (χ0n) is 10.2. The fourth-order valence-electron chi connectivity index (χ4n) is 2.37. The van der Waals surface area contributed by atoms with Gasteiger partial charge in [0, 0.05) is 11.6 Å². The number of hydrogen-bond donors (Lipinski definition) is 1. The van der Waals surface area contributed by atoms with Crippen LogP contribution in [-0.4, -0.2) is 19.1 Å². The van der Waals surface area contributed by atoms with E-state index in [4.69, 9.17) is 4.74 Å². The summed E-state index contributed by atoms with van der Waals surface area (Å²) in [5.41, 5.74) is 0.950. The molecule has 1 aromatic carbocycles. The fourth-order valence-corrected chi connectivity index (χ4v) is 2.37. The summed E-state index contributed by atoms with van der Waals surface area (Å²) in [5, 5.41) is 3.08. The minimum atomic E-state index is 0.0985. The third-order valence-corrected chi connectivity index (χ3v) is 3.26. The first-order valence-electron chi connectivity index (χ1n) is 6.21. The number of carbonyl (C=O) groups is 1. The summed E-state index contributed by atoms with van der Waals surface area (Å²) in [6, 6.07) is 8.06. The lowest BCUT2D eigenvalue weighted by atomic mass is 10.1. The molecule has 92 valence electrons. The van der Waals surface area contributed by atoms with E-state index < -0.39 is 0 Å². The molecule has 1 aromatic rings. The maximum Gasteiger partial charge on any atom is 0.224 e. The van der Waals surface area contributed by atoms with Crippen molar-refractivity contribution in [1.82, 2.24) is 5.32 Å². The smallest absolute Gasteiger partial charge is 0.224 e. The first kappa shape index (κ1) is 12.0. The lowest BCUT2D eigenvalue weighted by Crippen LogP contribution is -2.33. The van der Waals surface area contributed by atoms with Crippen molar-refractivity contribution in [2.75, 3.05) is 7.11 Å². The minimum absolute atomic E-state index is 0.0985. The Hall–Kier alpha value is -1.51. The summed E-state index contributed by atoms with van der Waals surface area (Å²) in [4.78, 5) is 11.9. The Bertz CT molecular complexity index is 384. The number of methoxy groups -OCH3 is 1. The van der Waals surface area contributed by atoms with Gasteiger partial charge in [-0.05, 0) is 18.9 Å². The van der Waals surface area contributed by atoms with Gasteiger partial charge in [-0.15, -0.1) is 0 Å². The second kappa shape index (κ2) is 5.71. The van der Waals surface area contributed by atoms with Crippen LogP contribution in [0, 0.1) is 0 Å². The molecule has 1 fully saturated rings. The van der Waals surface area contributed by atoms with Gasteiger partial charge in [-0.1, -0.05) is 31.0 Å². The van der Waals surface area contributed by atoms with Gasteiger partial charge in [0.25, 0.3) is 0 Å². The number of para-hydroxylation sites is 1.